The molecule has 8 nitrogen and oxygen atoms in total. The first-order valence-electron chi connectivity index (χ1n) is 14.5. The van der Waals surface area contributed by atoms with Crippen molar-refractivity contribution in [3.8, 4) is 5.75 Å². The summed E-state index contributed by atoms with van der Waals surface area (Å²) in [6.45, 7) is -0.164. The van der Waals surface area contributed by atoms with E-state index >= 15 is 0 Å². The van der Waals surface area contributed by atoms with Crippen molar-refractivity contribution >= 4 is 63.8 Å². The maximum Gasteiger partial charge on any atom is 0.308 e. The Morgan fingerprint density at radius 3 is 2.30 bits per heavy atom. The third-order valence-electron chi connectivity index (χ3n) is 9.65. The number of hydrogen-bond acceptors (Lipinski definition) is 7. The van der Waals surface area contributed by atoms with Gasteiger partial charge in [0.05, 0.1) is 22.5 Å². The van der Waals surface area contributed by atoms with Crippen LogP contribution in [0.2, 0.25) is 5.02 Å². The molecule has 2 N–H and O–H groups in total. The number of nitrogens with zero attached hydrogens (tertiary/aromatic N) is 2. The number of phenols is 1. The van der Waals surface area contributed by atoms with E-state index in [0.717, 1.165) is 33.2 Å². The summed E-state index contributed by atoms with van der Waals surface area (Å²) >= 11 is 9.01. The maximum absolute atomic E-state index is 13.9. The molecule has 44 heavy (non-hydrogen) atoms. The van der Waals surface area contributed by atoms with Gasteiger partial charge in [0.15, 0.2) is 0 Å². The largest absolute Gasteiger partial charge is 0.508 e. The maximum atomic E-state index is 13.9. The van der Waals surface area contributed by atoms with Gasteiger partial charge in [0.25, 0.3) is 0 Å². The lowest BCUT2D eigenvalue weighted by Crippen LogP contribution is -2.43. The molecule has 2 saturated carbocycles. The van der Waals surface area contributed by atoms with Crippen LogP contribution in [0.3, 0.4) is 0 Å². The van der Waals surface area contributed by atoms with E-state index in [0.29, 0.717) is 16.4 Å². The number of imide groups is 1. The van der Waals surface area contributed by atoms with Crippen molar-refractivity contribution in [2.24, 2.45) is 29.6 Å². The summed E-state index contributed by atoms with van der Waals surface area (Å²) in [6.07, 6.45) is 0.780. The number of benzene rings is 3. The van der Waals surface area contributed by atoms with Crippen molar-refractivity contribution in [2.45, 2.75) is 29.2 Å². The third kappa shape index (κ3) is 4.18. The number of carbonyl (C=O) groups excluding carboxylic acids is 3. The predicted octanol–water partition coefficient (Wildman–Crippen LogP) is 5.59. The quantitative estimate of drug-likeness (QED) is 0.217. The highest BCUT2D eigenvalue weighted by molar-refractivity contribution is 8.00. The van der Waals surface area contributed by atoms with Crippen molar-refractivity contribution in [2.75, 3.05) is 10.2 Å². The minimum absolute atomic E-state index is 0.00214. The number of hydrogen-bond donors (Lipinski definition) is 2. The molecule has 2 bridgehead atoms. The molecule has 4 aliphatic rings. The zero-order chi connectivity index (χ0) is 30.3. The zero-order valence-electron chi connectivity index (χ0n) is 23.1. The number of fused-ring (bicyclic) bond motifs is 9. The van der Waals surface area contributed by atoms with E-state index in [1.807, 2.05) is 42.5 Å². The average molecular weight is 644 g/mol. The molecular formula is C33H26ClN3O5S2. The van der Waals surface area contributed by atoms with E-state index in [1.165, 1.54) is 17.0 Å². The van der Waals surface area contributed by atoms with Crippen molar-refractivity contribution in [3.63, 3.8) is 0 Å². The number of rotatable bonds is 5. The lowest BCUT2D eigenvalue weighted by Gasteiger charge is -2.43. The molecule has 3 aromatic carbocycles. The molecule has 3 heterocycles. The second-order valence-electron chi connectivity index (χ2n) is 11.9. The fourth-order valence-corrected chi connectivity index (χ4v) is 11.3. The van der Waals surface area contributed by atoms with Crippen LogP contribution in [0.25, 0.3) is 0 Å². The Balaban J connectivity index is 1.18. The first kappa shape index (κ1) is 27.7. The van der Waals surface area contributed by atoms with Crippen molar-refractivity contribution < 1.29 is 19.5 Å². The van der Waals surface area contributed by atoms with Gasteiger partial charge in [-0.25, -0.2) is 0 Å². The van der Waals surface area contributed by atoms with Crippen LogP contribution in [0.5, 0.6) is 5.75 Å². The normalized spacial score (nSPS) is 28.1. The summed E-state index contributed by atoms with van der Waals surface area (Å²) < 4.78 is 1.54. The van der Waals surface area contributed by atoms with Gasteiger partial charge in [-0.3, -0.25) is 28.6 Å². The highest BCUT2D eigenvalue weighted by atomic mass is 35.5. The zero-order valence-corrected chi connectivity index (χ0v) is 25.5. The molecule has 0 spiro atoms. The number of nitrogens with one attached hydrogen (secondary N) is 1. The summed E-state index contributed by atoms with van der Waals surface area (Å²) in [5, 5.41) is 13.7. The number of aromatic hydroxyl groups is 1. The van der Waals surface area contributed by atoms with Crippen LogP contribution in [0.4, 0.5) is 11.4 Å². The van der Waals surface area contributed by atoms with E-state index in [9.17, 15) is 24.3 Å². The van der Waals surface area contributed by atoms with Crippen molar-refractivity contribution in [1.29, 1.82) is 0 Å². The standard InChI is InChI=1S/C33H26ClN3O5S2/c34-17-8-6-16(7-9-17)24-25-21-14-22(27-26(21)30(40)37(31(27)41)19-4-2-1-3-5-19)28(25)43-32-29(24)44-33(42)36(32)15-23(39)35-18-10-12-20(38)13-11-18/h1-13,21-22,24-28,38H,14-15H2,(H,35,39). The Kier molecular flexibility index (Phi) is 6.51. The SMILES string of the molecule is O=C(Cn1c2c(sc1=O)C(c1ccc(Cl)cc1)C1C3CC(C1S2)C1C(=O)N(c2ccccc2)C(=O)C31)Nc1ccc(O)cc1. The number of amides is 3. The molecule has 3 amide bonds. The summed E-state index contributed by atoms with van der Waals surface area (Å²) in [5.74, 6) is -1.47. The van der Waals surface area contributed by atoms with Gasteiger partial charge in [-0.15, -0.1) is 11.8 Å². The molecule has 7 atom stereocenters. The number of anilines is 2. The van der Waals surface area contributed by atoms with E-state index in [-0.39, 0.29) is 69.7 Å². The van der Waals surface area contributed by atoms with Gasteiger partial charge in [-0.05, 0) is 78.3 Å². The lowest BCUT2D eigenvalue weighted by atomic mass is 9.68. The molecule has 3 fully saturated rings. The minimum Gasteiger partial charge on any atom is -0.508 e. The molecule has 1 aromatic heterocycles. The van der Waals surface area contributed by atoms with Gasteiger partial charge in [0.1, 0.15) is 12.3 Å². The molecule has 11 heteroatoms. The predicted molar refractivity (Wildman–Crippen MR) is 169 cm³/mol. The number of thiazole rings is 1. The van der Waals surface area contributed by atoms with Gasteiger partial charge < -0.3 is 10.4 Å². The minimum atomic E-state index is -0.398. The smallest absolute Gasteiger partial charge is 0.308 e. The second kappa shape index (κ2) is 10.4. The topological polar surface area (TPSA) is 109 Å². The summed E-state index contributed by atoms with van der Waals surface area (Å²) in [7, 11) is 0. The highest BCUT2D eigenvalue weighted by Crippen LogP contribution is 2.69. The monoisotopic (exact) mass is 643 g/mol. The molecule has 8 rings (SSSR count). The fourth-order valence-electron chi connectivity index (χ4n) is 8.02. The number of halogens is 1. The van der Waals surface area contributed by atoms with Crippen molar-refractivity contribution in [3.05, 3.63) is 104 Å². The van der Waals surface area contributed by atoms with E-state index in [1.54, 1.807) is 40.6 Å². The van der Waals surface area contributed by atoms with Gasteiger partial charge in [-0.1, -0.05) is 53.3 Å². The van der Waals surface area contributed by atoms with Gasteiger partial charge >= 0.3 is 4.87 Å². The summed E-state index contributed by atoms with van der Waals surface area (Å²) in [6, 6.07) is 22.9. The number of carbonyl (C=O) groups is 3. The molecule has 1 saturated heterocycles. The van der Waals surface area contributed by atoms with Gasteiger partial charge in [-0.2, -0.15) is 0 Å². The average Bonchev–Trinajstić information content (AvgIpc) is 3.74. The van der Waals surface area contributed by atoms with Gasteiger partial charge in [0, 0.05) is 26.8 Å². The van der Waals surface area contributed by atoms with Crippen LogP contribution in [0, 0.1) is 29.6 Å². The molecule has 2 aliphatic heterocycles. The van der Waals surface area contributed by atoms with Crippen LogP contribution in [0.1, 0.15) is 22.8 Å². The Hall–Kier alpha value is -3.86. The molecule has 2 aliphatic carbocycles. The Morgan fingerprint density at radius 2 is 1.59 bits per heavy atom. The fraction of sp³-hybridized carbons (Fsp3) is 0.273. The molecule has 0 radical (unpaired) electrons. The number of aromatic nitrogens is 1. The molecular weight excluding hydrogens is 618 g/mol. The van der Waals surface area contributed by atoms with E-state index in [4.69, 9.17) is 11.6 Å². The van der Waals surface area contributed by atoms with Gasteiger partial charge in [0.2, 0.25) is 17.7 Å². The van der Waals surface area contributed by atoms with Crippen LogP contribution < -0.4 is 15.1 Å². The molecule has 222 valence electrons. The Labute approximate surface area is 265 Å². The van der Waals surface area contributed by atoms with Crippen molar-refractivity contribution in [1.82, 2.24) is 4.57 Å². The summed E-state index contributed by atoms with van der Waals surface area (Å²) in [4.78, 5) is 56.4. The highest BCUT2D eigenvalue weighted by Gasteiger charge is 2.69. The van der Waals surface area contributed by atoms with Crippen LogP contribution in [-0.4, -0.2) is 32.6 Å². The second-order valence-corrected chi connectivity index (χ2v) is 14.5. The number of thioether (sulfide) groups is 1. The van der Waals surface area contributed by atoms with E-state index < -0.39 is 5.92 Å². The van der Waals surface area contributed by atoms with Crippen LogP contribution in [0.15, 0.2) is 88.7 Å². The number of para-hydroxylation sites is 1. The van der Waals surface area contributed by atoms with Crippen LogP contribution in [-0.2, 0) is 20.9 Å². The Bertz CT molecular complexity index is 1870. The Morgan fingerprint density at radius 1 is 0.909 bits per heavy atom. The van der Waals surface area contributed by atoms with Crippen LogP contribution >= 0.6 is 34.7 Å². The molecule has 4 aromatic rings. The first-order chi connectivity index (χ1) is 21.3. The third-order valence-corrected chi connectivity index (χ3v) is 12.7. The first-order valence-corrected chi connectivity index (χ1v) is 16.5. The van der Waals surface area contributed by atoms with E-state index in [2.05, 4.69) is 5.32 Å². The lowest BCUT2D eigenvalue weighted by molar-refractivity contribution is -0.123. The number of phenolic OH excluding ortho intramolecular Hbond substituents is 1. The molecule has 7 unspecified atom stereocenters. The summed E-state index contributed by atoms with van der Waals surface area (Å²) in [5.41, 5.74) is 2.13.